The van der Waals surface area contributed by atoms with Gasteiger partial charge in [-0.05, 0) is 30.7 Å². The van der Waals surface area contributed by atoms with Crippen molar-refractivity contribution in [3.05, 3.63) is 29.3 Å². The van der Waals surface area contributed by atoms with Gasteiger partial charge in [0.1, 0.15) is 0 Å². The molecule has 23 heavy (non-hydrogen) atoms. The molecule has 0 radical (unpaired) electrons. The lowest BCUT2D eigenvalue weighted by Gasteiger charge is -2.14. The van der Waals surface area contributed by atoms with E-state index in [1.807, 2.05) is 0 Å². The highest BCUT2D eigenvalue weighted by Crippen LogP contribution is 2.32. The van der Waals surface area contributed by atoms with Crippen molar-refractivity contribution in [1.29, 1.82) is 0 Å². The van der Waals surface area contributed by atoms with Gasteiger partial charge in [0.15, 0.2) is 0 Å². The molecule has 0 saturated carbocycles. The minimum Gasteiger partial charge on any atom is -0.352 e. The Balaban J connectivity index is 0.00000484. The highest BCUT2D eigenvalue weighted by Gasteiger charge is 2.32. The highest BCUT2D eigenvalue weighted by molar-refractivity contribution is 5.97. The predicted molar refractivity (Wildman–Crippen MR) is 83.5 cm³/mol. The van der Waals surface area contributed by atoms with Gasteiger partial charge in [0.05, 0.1) is 5.56 Å². The molecule has 9 heteroatoms. The maximum absolute atomic E-state index is 12.9. The van der Waals surface area contributed by atoms with Gasteiger partial charge in [-0.25, -0.2) is 0 Å². The molecule has 2 amide bonds. The van der Waals surface area contributed by atoms with E-state index in [1.54, 1.807) is 6.92 Å². The first kappa shape index (κ1) is 21.2. The molecular weight excluding hydrogens is 335 g/mol. The molecule has 1 unspecified atom stereocenters. The van der Waals surface area contributed by atoms with Crippen LogP contribution in [0.5, 0.6) is 0 Å². The number of hydrogen-bond donors (Lipinski definition) is 3. The summed E-state index contributed by atoms with van der Waals surface area (Å²) in [4.78, 5) is 23.0. The fourth-order valence-corrected chi connectivity index (χ4v) is 1.65. The molecule has 0 aromatic heterocycles. The first-order chi connectivity index (χ1) is 10.1. The number of benzene rings is 1. The predicted octanol–water partition coefficient (Wildman–Crippen LogP) is 2.41. The van der Waals surface area contributed by atoms with Crippen molar-refractivity contribution in [2.45, 2.75) is 20.0 Å². The van der Waals surface area contributed by atoms with Crippen molar-refractivity contribution in [3.8, 4) is 0 Å². The summed E-state index contributed by atoms with van der Waals surface area (Å²) in [5.41, 5.74) is 4.14. The molecular formula is C14H19ClF3N3O2. The fourth-order valence-electron chi connectivity index (χ4n) is 1.65. The molecule has 1 aromatic rings. The number of hydrogen-bond acceptors (Lipinski definition) is 3. The normalized spacial score (nSPS) is 12.1. The first-order valence-electron chi connectivity index (χ1n) is 6.61. The van der Waals surface area contributed by atoms with Crippen LogP contribution >= 0.6 is 12.4 Å². The van der Waals surface area contributed by atoms with Gasteiger partial charge < -0.3 is 16.4 Å². The van der Waals surface area contributed by atoms with Crippen LogP contribution in [0.2, 0.25) is 0 Å². The summed E-state index contributed by atoms with van der Waals surface area (Å²) in [6, 6.07) is 2.72. The van der Waals surface area contributed by atoms with Crippen molar-refractivity contribution in [2.24, 2.45) is 11.7 Å². The molecule has 0 aliphatic heterocycles. The number of carbonyl (C=O) groups excluding carboxylic acids is 2. The summed E-state index contributed by atoms with van der Waals surface area (Å²) in [7, 11) is 0. The third-order valence-electron chi connectivity index (χ3n) is 2.86. The number of carbonyl (C=O) groups is 2. The van der Waals surface area contributed by atoms with E-state index in [9.17, 15) is 22.8 Å². The lowest BCUT2D eigenvalue weighted by atomic mass is 10.1. The second-order valence-electron chi connectivity index (χ2n) is 5.03. The summed E-state index contributed by atoms with van der Waals surface area (Å²) < 4.78 is 38.6. The molecule has 0 heterocycles. The number of nitrogens with one attached hydrogen (secondary N) is 2. The number of alkyl halides is 3. The van der Waals surface area contributed by atoms with Crippen LogP contribution in [0.25, 0.3) is 0 Å². The zero-order chi connectivity index (χ0) is 16.9. The smallest absolute Gasteiger partial charge is 0.352 e. The summed E-state index contributed by atoms with van der Waals surface area (Å²) in [5.74, 6) is -1.18. The Kier molecular flexibility index (Phi) is 8.05. The number of nitrogens with two attached hydrogens (primary N) is 1. The van der Waals surface area contributed by atoms with Gasteiger partial charge in [-0.2, -0.15) is 13.2 Å². The Bertz CT molecular complexity index is 565. The Labute approximate surface area is 138 Å². The van der Waals surface area contributed by atoms with Crippen molar-refractivity contribution in [3.63, 3.8) is 0 Å². The van der Waals surface area contributed by atoms with Gasteiger partial charge in [-0.15, -0.1) is 12.4 Å². The lowest BCUT2D eigenvalue weighted by molar-refractivity contribution is -0.137. The van der Waals surface area contributed by atoms with Crippen LogP contribution in [0.4, 0.5) is 18.9 Å². The summed E-state index contributed by atoms with van der Waals surface area (Å²) in [5, 5.41) is 4.76. The maximum atomic E-state index is 12.9. The molecule has 0 bridgehead atoms. The van der Waals surface area contributed by atoms with Crippen molar-refractivity contribution >= 4 is 29.9 Å². The van der Waals surface area contributed by atoms with Gasteiger partial charge in [0.2, 0.25) is 5.91 Å². The second kappa shape index (κ2) is 8.73. The Morgan fingerprint density at radius 3 is 2.35 bits per heavy atom. The van der Waals surface area contributed by atoms with Crippen molar-refractivity contribution in [1.82, 2.24) is 5.32 Å². The van der Waals surface area contributed by atoms with E-state index in [-0.39, 0.29) is 36.1 Å². The number of amides is 2. The molecule has 5 nitrogen and oxygen atoms in total. The van der Waals surface area contributed by atoms with Crippen LogP contribution in [-0.4, -0.2) is 24.9 Å². The molecule has 0 saturated heterocycles. The van der Waals surface area contributed by atoms with Crippen LogP contribution in [-0.2, 0) is 11.0 Å². The quantitative estimate of drug-likeness (QED) is 0.760. The summed E-state index contributed by atoms with van der Waals surface area (Å²) in [6.45, 7) is 3.57. The van der Waals surface area contributed by atoms with Gasteiger partial charge in [-0.1, -0.05) is 6.92 Å². The monoisotopic (exact) mass is 353 g/mol. The molecule has 1 atom stereocenters. The van der Waals surface area contributed by atoms with Crippen LogP contribution in [0.3, 0.4) is 0 Å². The van der Waals surface area contributed by atoms with Gasteiger partial charge in [-0.3, -0.25) is 9.59 Å². The minimum atomic E-state index is -4.62. The average Bonchev–Trinajstić information content (AvgIpc) is 2.42. The zero-order valence-electron chi connectivity index (χ0n) is 12.7. The Morgan fingerprint density at radius 2 is 1.87 bits per heavy atom. The standard InChI is InChI=1S/C14H18F3N3O2.ClH/c1-8(6-18)7-19-13(22)10-3-11(14(15,16)17)5-12(4-10)20-9(2)21;/h3-5,8H,6-7,18H2,1-2H3,(H,19,22)(H,20,21);1H. The third kappa shape index (κ3) is 6.87. The molecule has 0 aliphatic carbocycles. The fraction of sp³-hybridized carbons (Fsp3) is 0.429. The van der Waals surface area contributed by atoms with E-state index >= 15 is 0 Å². The molecule has 1 rings (SSSR count). The highest BCUT2D eigenvalue weighted by atomic mass is 35.5. The zero-order valence-corrected chi connectivity index (χ0v) is 13.5. The van der Waals surface area contributed by atoms with Crippen molar-refractivity contribution < 1.29 is 22.8 Å². The Hall–Kier alpha value is -1.80. The Morgan fingerprint density at radius 1 is 1.26 bits per heavy atom. The first-order valence-corrected chi connectivity index (χ1v) is 6.61. The minimum absolute atomic E-state index is 0. The number of rotatable bonds is 5. The largest absolute Gasteiger partial charge is 0.416 e. The molecule has 130 valence electrons. The maximum Gasteiger partial charge on any atom is 0.416 e. The average molecular weight is 354 g/mol. The molecule has 0 aliphatic rings. The van der Waals surface area contributed by atoms with Crippen LogP contribution < -0.4 is 16.4 Å². The van der Waals surface area contributed by atoms with Gasteiger partial charge >= 0.3 is 6.18 Å². The molecule has 0 spiro atoms. The van der Waals surface area contributed by atoms with Gasteiger partial charge in [0.25, 0.3) is 5.91 Å². The van der Waals surface area contributed by atoms with E-state index in [4.69, 9.17) is 5.73 Å². The summed E-state index contributed by atoms with van der Waals surface area (Å²) in [6.07, 6.45) is -4.62. The van der Waals surface area contributed by atoms with Gasteiger partial charge in [0, 0.05) is 24.7 Å². The van der Waals surface area contributed by atoms with Crippen molar-refractivity contribution in [2.75, 3.05) is 18.4 Å². The number of anilines is 1. The van der Waals surface area contributed by atoms with E-state index in [2.05, 4.69) is 10.6 Å². The van der Waals surface area contributed by atoms with Crippen LogP contribution in [0.15, 0.2) is 18.2 Å². The van der Waals surface area contributed by atoms with E-state index in [1.165, 1.54) is 13.0 Å². The van der Waals surface area contributed by atoms with Crippen LogP contribution in [0.1, 0.15) is 29.8 Å². The SMILES string of the molecule is CC(=O)Nc1cc(C(=O)NCC(C)CN)cc(C(F)(F)F)c1.Cl. The lowest BCUT2D eigenvalue weighted by Crippen LogP contribution is -2.31. The number of halogens is 4. The summed E-state index contributed by atoms with van der Waals surface area (Å²) >= 11 is 0. The molecule has 4 N–H and O–H groups in total. The van der Waals surface area contributed by atoms with Crippen LogP contribution in [0, 0.1) is 5.92 Å². The van der Waals surface area contributed by atoms with E-state index < -0.39 is 23.6 Å². The van der Waals surface area contributed by atoms with E-state index in [0.29, 0.717) is 6.54 Å². The second-order valence-corrected chi connectivity index (χ2v) is 5.03. The third-order valence-corrected chi connectivity index (χ3v) is 2.86. The van der Waals surface area contributed by atoms with E-state index in [0.717, 1.165) is 12.1 Å². The topological polar surface area (TPSA) is 84.2 Å². The molecule has 0 fully saturated rings. The molecule has 1 aromatic carbocycles.